The Morgan fingerprint density at radius 3 is 1.44 bits per heavy atom. The van der Waals surface area contributed by atoms with E-state index in [9.17, 15) is 14.4 Å². The second-order valence-corrected chi connectivity index (χ2v) is 11.9. The smallest absolute Gasteiger partial charge is 0.256 e. The van der Waals surface area contributed by atoms with E-state index in [0.717, 1.165) is 38.2 Å². The molecule has 0 aromatic heterocycles. The first kappa shape index (κ1) is 28.9. The van der Waals surface area contributed by atoms with E-state index in [-0.39, 0.29) is 17.7 Å². The van der Waals surface area contributed by atoms with E-state index in [0.29, 0.717) is 28.1 Å². The molecule has 0 saturated carbocycles. The average Bonchev–Trinajstić information content (AvgIpc) is 3.44. The normalized spacial score (nSPS) is 13.1. The van der Waals surface area contributed by atoms with Crippen molar-refractivity contribution in [3.8, 4) is 0 Å². The molecular weight excluding hydrogens is 594 g/mol. The molecule has 7 aromatic rings. The number of carbonyl (C=O) groups excluding carboxylic acids is 3. The highest BCUT2D eigenvalue weighted by molar-refractivity contribution is 6.14. The fourth-order valence-corrected chi connectivity index (χ4v) is 6.79. The highest BCUT2D eigenvalue weighted by Crippen LogP contribution is 2.43. The van der Waals surface area contributed by atoms with Crippen molar-refractivity contribution in [2.75, 3.05) is 10.6 Å². The molecule has 0 bridgehead atoms. The number of hydrogen-bond donors (Lipinski definition) is 3. The van der Waals surface area contributed by atoms with Gasteiger partial charge in [0, 0.05) is 28.1 Å². The third kappa shape index (κ3) is 4.87. The van der Waals surface area contributed by atoms with Crippen molar-refractivity contribution in [2.45, 2.75) is 5.54 Å². The molecule has 0 atom stereocenters. The first-order chi connectivity index (χ1) is 23.5. The van der Waals surface area contributed by atoms with Gasteiger partial charge in [0.25, 0.3) is 17.7 Å². The van der Waals surface area contributed by atoms with Crippen LogP contribution in [0.2, 0.25) is 0 Å². The minimum absolute atomic E-state index is 0.174. The number of nitrogens with one attached hydrogen (secondary N) is 3. The lowest BCUT2D eigenvalue weighted by molar-refractivity contribution is 0.0947. The van der Waals surface area contributed by atoms with Crippen molar-refractivity contribution in [1.29, 1.82) is 0 Å². The van der Waals surface area contributed by atoms with Crippen molar-refractivity contribution in [3.63, 3.8) is 0 Å². The maximum absolute atomic E-state index is 13.4. The average molecular weight is 624 g/mol. The minimum atomic E-state index is -0.982. The van der Waals surface area contributed by atoms with Gasteiger partial charge in [0.1, 0.15) is 5.54 Å². The molecule has 0 radical (unpaired) electrons. The Morgan fingerprint density at radius 2 is 0.917 bits per heavy atom. The SMILES string of the molecule is O=C1NC(c2ccc(NC(=O)c3cccc4ccccc34)cc2)(c2ccc(NC(=O)c3cccc4ccccc34)cc2)c2ccccc21. The Balaban J connectivity index is 1.11. The van der Waals surface area contributed by atoms with Crippen LogP contribution in [-0.4, -0.2) is 17.7 Å². The predicted molar refractivity (Wildman–Crippen MR) is 190 cm³/mol. The van der Waals surface area contributed by atoms with Crippen molar-refractivity contribution < 1.29 is 14.4 Å². The third-order valence-corrected chi connectivity index (χ3v) is 9.10. The van der Waals surface area contributed by atoms with Crippen molar-refractivity contribution in [2.24, 2.45) is 0 Å². The van der Waals surface area contributed by atoms with Crippen LogP contribution in [0, 0.1) is 0 Å². The van der Waals surface area contributed by atoms with Gasteiger partial charge in [-0.1, -0.05) is 115 Å². The number of anilines is 2. The predicted octanol–water partition coefficient (Wildman–Crippen LogP) is 8.53. The summed E-state index contributed by atoms with van der Waals surface area (Å²) in [7, 11) is 0. The van der Waals surface area contributed by atoms with Gasteiger partial charge in [0.05, 0.1) is 0 Å². The van der Waals surface area contributed by atoms with Gasteiger partial charge in [0.2, 0.25) is 0 Å². The summed E-state index contributed by atoms with van der Waals surface area (Å²) in [4.78, 5) is 40.0. The summed E-state index contributed by atoms with van der Waals surface area (Å²) < 4.78 is 0. The molecule has 1 heterocycles. The molecule has 230 valence electrons. The second-order valence-electron chi connectivity index (χ2n) is 11.9. The van der Waals surface area contributed by atoms with Crippen LogP contribution in [0.15, 0.2) is 158 Å². The van der Waals surface area contributed by atoms with Gasteiger partial charge in [-0.3, -0.25) is 14.4 Å². The van der Waals surface area contributed by atoms with Gasteiger partial charge in [0.15, 0.2) is 0 Å². The third-order valence-electron chi connectivity index (χ3n) is 9.10. The number of benzene rings is 7. The topological polar surface area (TPSA) is 87.3 Å². The summed E-state index contributed by atoms with van der Waals surface area (Å²) in [5, 5.41) is 13.1. The summed E-state index contributed by atoms with van der Waals surface area (Å²) in [6.07, 6.45) is 0. The van der Waals surface area contributed by atoms with Crippen LogP contribution in [0.5, 0.6) is 0 Å². The number of fused-ring (bicyclic) bond motifs is 3. The first-order valence-electron chi connectivity index (χ1n) is 15.7. The summed E-state index contributed by atoms with van der Waals surface area (Å²) in [5.41, 5.74) is 4.56. The molecule has 3 N–H and O–H groups in total. The Labute approximate surface area is 277 Å². The first-order valence-corrected chi connectivity index (χ1v) is 15.7. The van der Waals surface area contributed by atoms with Crippen molar-refractivity contribution in [1.82, 2.24) is 5.32 Å². The summed E-state index contributed by atoms with van der Waals surface area (Å²) in [6, 6.07) is 49.7. The molecule has 6 heteroatoms. The molecule has 48 heavy (non-hydrogen) atoms. The van der Waals surface area contributed by atoms with E-state index in [1.54, 1.807) is 0 Å². The Bertz CT molecular complexity index is 2230. The summed E-state index contributed by atoms with van der Waals surface area (Å²) >= 11 is 0. The van der Waals surface area contributed by atoms with E-state index in [1.807, 2.05) is 158 Å². The number of amides is 3. The van der Waals surface area contributed by atoms with Crippen LogP contribution in [0.4, 0.5) is 11.4 Å². The monoisotopic (exact) mass is 623 g/mol. The lowest BCUT2D eigenvalue weighted by Crippen LogP contribution is -2.41. The van der Waals surface area contributed by atoms with E-state index >= 15 is 0 Å². The van der Waals surface area contributed by atoms with Crippen molar-refractivity contribution in [3.05, 3.63) is 191 Å². The van der Waals surface area contributed by atoms with Crippen LogP contribution < -0.4 is 16.0 Å². The van der Waals surface area contributed by atoms with E-state index < -0.39 is 5.54 Å². The van der Waals surface area contributed by atoms with Gasteiger partial charge in [-0.2, -0.15) is 0 Å². The molecule has 3 amide bonds. The van der Waals surface area contributed by atoms with Gasteiger partial charge in [-0.25, -0.2) is 0 Å². The van der Waals surface area contributed by atoms with Crippen LogP contribution in [0.3, 0.4) is 0 Å². The van der Waals surface area contributed by atoms with Crippen LogP contribution >= 0.6 is 0 Å². The zero-order chi connectivity index (χ0) is 32.7. The Hall–Kier alpha value is -6.53. The largest absolute Gasteiger partial charge is 0.334 e. The molecule has 1 aliphatic heterocycles. The highest BCUT2D eigenvalue weighted by Gasteiger charge is 2.45. The lowest BCUT2D eigenvalue weighted by Gasteiger charge is -2.32. The van der Waals surface area contributed by atoms with Gasteiger partial charge >= 0.3 is 0 Å². The fraction of sp³-hybridized carbons (Fsp3) is 0.0238. The summed E-state index contributed by atoms with van der Waals surface area (Å²) in [5.74, 6) is -0.572. The van der Waals surface area contributed by atoms with Gasteiger partial charge in [-0.15, -0.1) is 0 Å². The zero-order valence-corrected chi connectivity index (χ0v) is 25.7. The molecule has 8 rings (SSSR count). The maximum Gasteiger partial charge on any atom is 0.256 e. The maximum atomic E-state index is 13.4. The molecule has 0 saturated heterocycles. The molecule has 1 aliphatic rings. The quantitative estimate of drug-likeness (QED) is 0.174. The lowest BCUT2D eigenvalue weighted by atomic mass is 9.78. The number of rotatable bonds is 6. The molecule has 0 fully saturated rings. The minimum Gasteiger partial charge on any atom is -0.334 e. The number of carbonyl (C=O) groups is 3. The molecular formula is C42H29N3O3. The molecule has 0 spiro atoms. The van der Waals surface area contributed by atoms with Gasteiger partial charge in [-0.05, 0) is 80.7 Å². The highest BCUT2D eigenvalue weighted by atomic mass is 16.2. The van der Waals surface area contributed by atoms with E-state index in [2.05, 4.69) is 16.0 Å². The van der Waals surface area contributed by atoms with Crippen LogP contribution in [0.1, 0.15) is 47.8 Å². The Morgan fingerprint density at radius 1 is 0.479 bits per heavy atom. The number of hydrogen-bond acceptors (Lipinski definition) is 3. The summed E-state index contributed by atoms with van der Waals surface area (Å²) in [6.45, 7) is 0. The standard InChI is InChI=1S/C42H29N3O3/c46-39(35-16-7-11-27-9-1-3-13-33(27)35)43-31-23-19-29(20-24-31)42(38-18-6-5-15-37(38)41(48)45-42)30-21-25-32(26-22-30)44-40(47)36-17-8-12-28-10-2-4-14-34(28)36/h1-26H,(H,43,46)(H,44,47)(H,45,48). The van der Waals surface area contributed by atoms with E-state index in [1.165, 1.54) is 0 Å². The second kappa shape index (κ2) is 11.7. The molecule has 6 nitrogen and oxygen atoms in total. The fourth-order valence-electron chi connectivity index (χ4n) is 6.79. The molecule has 0 aliphatic carbocycles. The Kier molecular flexibility index (Phi) is 7.03. The van der Waals surface area contributed by atoms with Crippen molar-refractivity contribution >= 4 is 50.6 Å². The van der Waals surface area contributed by atoms with E-state index in [4.69, 9.17) is 0 Å². The zero-order valence-electron chi connectivity index (χ0n) is 25.7. The molecule has 7 aromatic carbocycles. The van der Waals surface area contributed by atoms with Crippen LogP contribution in [-0.2, 0) is 5.54 Å². The van der Waals surface area contributed by atoms with Crippen LogP contribution in [0.25, 0.3) is 21.5 Å². The van der Waals surface area contributed by atoms with Gasteiger partial charge < -0.3 is 16.0 Å². The molecule has 0 unspecified atom stereocenters.